The van der Waals surface area contributed by atoms with Crippen LogP contribution in [0.4, 0.5) is 0 Å². The SMILES string of the molecule is O=P1(O)Oc2ccccc2C1c1ccccc1. The number of fused-ring (bicyclic) bond motifs is 1. The number of hydrogen-bond donors (Lipinski definition) is 1. The molecule has 0 fully saturated rings. The predicted octanol–water partition coefficient (Wildman–Crippen LogP) is 3.35. The lowest BCUT2D eigenvalue weighted by Gasteiger charge is -2.13. The molecule has 0 spiro atoms. The van der Waals surface area contributed by atoms with Crippen LogP contribution >= 0.6 is 7.60 Å². The van der Waals surface area contributed by atoms with E-state index < -0.39 is 13.3 Å². The Morgan fingerprint density at radius 1 is 1.00 bits per heavy atom. The molecule has 1 heterocycles. The molecule has 3 nitrogen and oxygen atoms in total. The molecular formula is C13H11O3P. The van der Waals surface area contributed by atoms with Gasteiger partial charge in [-0.3, -0.25) is 0 Å². The topological polar surface area (TPSA) is 46.5 Å². The molecule has 0 radical (unpaired) electrons. The van der Waals surface area contributed by atoms with Crippen LogP contribution in [0.15, 0.2) is 54.6 Å². The van der Waals surface area contributed by atoms with Gasteiger partial charge in [-0.1, -0.05) is 48.5 Å². The van der Waals surface area contributed by atoms with Gasteiger partial charge in [-0.2, -0.15) is 0 Å². The van der Waals surface area contributed by atoms with Gasteiger partial charge < -0.3 is 9.42 Å². The fraction of sp³-hybridized carbons (Fsp3) is 0.0769. The molecule has 1 N–H and O–H groups in total. The highest BCUT2D eigenvalue weighted by molar-refractivity contribution is 7.54. The van der Waals surface area contributed by atoms with Crippen LogP contribution in [0.2, 0.25) is 0 Å². The van der Waals surface area contributed by atoms with Crippen molar-refractivity contribution < 1.29 is 14.0 Å². The minimum atomic E-state index is -3.66. The molecular weight excluding hydrogens is 235 g/mol. The van der Waals surface area contributed by atoms with Crippen molar-refractivity contribution in [3.05, 3.63) is 65.7 Å². The van der Waals surface area contributed by atoms with Gasteiger partial charge in [0.2, 0.25) is 0 Å². The number of rotatable bonds is 1. The minimum Gasteiger partial charge on any atom is -0.424 e. The second-order valence-corrected chi connectivity index (χ2v) is 5.83. The first-order valence-corrected chi connectivity index (χ1v) is 6.99. The molecule has 0 saturated carbocycles. The van der Waals surface area contributed by atoms with E-state index in [2.05, 4.69) is 0 Å². The van der Waals surface area contributed by atoms with Crippen molar-refractivity contribution in [1.29, 1.82) is 0 Å². The predicted molar refractivity (Wildman–Crippen MR) is 65.2 cm³/mol. The van der Waals surface area contributed by atoms with E-state index in [-0.39, 0.29) is 0 Å². The maximum Gasteiger partial charge on any atom is 0.388 e. The van der Waals surface area contributed by atoms with Crippen molar-refractivity contribution >= 4 is 7.60 Å². The van der Waals surface area contributed by atoms with E-state index in [1.807, 2.05) is 42.5 Å². The quantitative estimate of drug-likeness (QED) is 0.785. The molecule has 2 aromatic carbocycles. The normalized spacial score (nSPS) is 26.3. The third-order valence-corrected chi connectivity index (χ3v) is 4.57. The first-order chi connectivity index (χ1) is 8.18. The van der Waals surface area contributed by atoms with Crippen LogP contribution in [0.25, 0.3) is 0 Å². The Kier molecular flexibility index (Phi) is 2.32. The van der Waals surface area contributed by atoms with Crippen LogP contribution in [0.5, 0.6) is 5.75 Å². The van der Waals surface area contributed by atoms with Crippen molar-refractivity contribution in [3.8, 4) is 5.75 Å². The molecule has 4 heteroatoms. The first kappa shape index (κ1) is 10.6. The molecule has 3 rings (SSSR count). The molecule has 0 saturated heterocycles. The molecule has 0 aromatic heterocycles. The highest BCUT2D eigenvalue weighted by atomic mass is 31.2. The fourth-order valence-electron chi connectivity index (χ4n) is 2.16. The summed E-state index contributed by atoms with van der Waals surface area (Å²) in [5.41, 5.74) is 1.02. The van der Waals surface area contributed by atoms with Gasteiger partial charge >= 0.3 is 7.60 Å². The molecule has 0 aliphatic carbocycles. The molecule has 2 aromatic rings. The van der Waals surface area contributed by atoms with E-state index in [9.17, 15) is 9.46 Å². The third-order valence-electron chi connectivity index (χ3n) is 2.88. The number of para-hydroxylation sites is 1. The molecule has 0 bridgehead atoms. The molecule has 2 atom stereocenters. The Morgan fingerprint density at radius 2 is 1.65 bits per heavy atom. The zero-order chi connectivity index (χ0) is 11.9. The monoisotopic (exact) mass is 246 g/mol. The van der Waals surface area contributed by atoms with Crippen molar-refractivity contribution in [3.63, 3.8) is 0 Å². The second kappa shape index (κ2) is 3.73. The minimum absolute atomic E-state index is 0.507. The van der Waals surface area contributed by atoms with Crippen LogP contribution in [0.3, 0.4) is 0 Å². The molecule has 0 amide bonds. The molecule has 1 aliphatic heterocycles. The largest absolute Gasteiger partial charge is 0.424 e. The molecule has 1 aliphatic rings. The van der Waals surface area contributed by atoms with Crippen molar-refractivity contribution in [1.82, 2.24) is 0 Å². The summed E-state index contributed by atoms with van der Waals surface area (Å²) >= 11 is 0. The zero-order valence-electron chi connectivity index (χ0n) is 8.98. The lowest BCUT2D eigenvalue weighted by molar-refractivity contribution is 0.386. The van der Waals surface area contributed by atoms with Crippen molar-refractivity contribution in [2.45, 2.75) is 5.66 Å². The van der Waals surface area contributed by atoms with Crippen LogP contribution in [-0.4, -0.2) is 4.89 Å². The van der Waals surface area contributed by atoms with E-state index in [1.165, 1.54) is 0 Å². The Balaban J connectivity index is 2.18. The van der Waals surface area contributed by atoms with Crippen molar-refractivity contribution in [2.24, 2.45) is 0 Å². The summed E-state index contributed by atoms with van der Waals surface area (Å²) in [5, 5.41) is 0. The fourth-order valence-corrected chi connectivity index (χ4v) is 3.83. The standard InChI is InChI=1S/C13H11O3P/c14-17(15)13(10-6-2-1-3-7-10)11-8-4-5-9-12(11)16-17/h1-9,13H,(H,14,15). The maximum absolute atomic E-state index is 12.1. The number of hydrogen-bond acceptors (Lipinski definition) is 2. The van der Waals surface area contributed by atoms with E-state index >= 15 is 0 Å². The van der Waals surface area contributed by atoms with Gasteiger partial charge in [0.05, 0.1) is 0 Å². The average Bonchev–Trinajstić information content (AvgIpc) is 2.60. The first-order valence-electron chi connectivity index (χ1n) is 5.34. The molecule has 2 unspecified atom stereocenters. The van der Waals surface area contributed by atoms with E-state index in [4.69, 9.17) is 4.52 Å². The van der Waals surface area contributed by atoms with Gasteiger partial charge in [0.15, 0.2) is 0 Å². The van der Waals surface area contributed by atoms with Crippen LogP contribution in [0, 0.1) is 0 Å². The maximum atomic E-state index is 12.1. The van der Waals surface area contributed by atoms with Crippen LogP contribution < -0.4 is 4.52 Å². The van der Waals surface area contributed by atoms with E-state index in [0.29, 0.717) is 5.75 Å². The van der Waals surface area contributed by atoms with Gasteiger partial charge in [-0.25, -0.2) is 4.57 Å². The van der Waals surface area contributed by atoms with Crippen LogP contribution in [-0.2, 0) is 4.57 Å². The summed E-state index contributed by atoms with van der Waals surface area (Å²) < 4.78 is 17.3. The highest BCUT2D eigenvalue weighted by Crippen LogP contribution is 2.66. The summed E-state index contributed by atoms with van der Waals surface area (Å²) in [4.78, 5) is 9.96. The van der Waals surface area contributed by atoms with Crippen LogP contribution in [0.1, 0.15) is 16.8 Å². The number of benzene rings is 2. The lowest BCUT2D eigenvalue weighted by Crippen LogP contribution is -1.97. The second-order valence-electron chi connectivity index (χ2n) is 4.01. The van der Waals surface area contributed by atoms with Gasteiger partial charge in [-0.05, 0) is 11.6 Å². The Hall–Kier alpha value is -1.57. The summed E-state index contributed by atoms with van der Waals surface area (Å²) in [6.45, 7) is 0. The van der Waals surface area contributed by atoms with Crippen molar-refractivity contribution in [2.75, 3.05) is 0 Å². The highest BCUT2D eigenvalue weighted by Gasteiger charge is 2.44. The summed E-state index contributed by atoms with van der Waals surface area (Å²) in [5.74, 6) is 0.507. The van der Waals surface area contributed by atoms with E-state index in [0.717, 1.165) is 11.1 Å². The summed E-state index contributed by atoms with van der Waals surface area (Å²) in [6.07, 6.45) is 0. The molecule has 86 valence electrons. The average molecular weight is 246 g/mol. The smallest absolute Gasteiger partial charge is 0.388 e. The Labute approximate surface area is 99.2 Å². The van der Waals surface area contributed by atoms with Gasteiger partial charge in [0.25, 0.3) is 0 Å². The van der Waals surface area contributed by atoms with Gasteiger partial charge in [0.1, 0.15) is 11.4 Å². The Morgan fingerprint density at radius 3 is 2.41 bits per heavy atom. The van der Waals surface area contributed by atoms with E-state index in [1.54, 1.807) is 12.1 Å². The van der Waals surface area contributed by atoms with Gasteiger partial charge in [0, 0.05) is 5.56 Å². The molecule has 17 heavy (non-hydrogen) atoms. The lowest BCUT2D eigenvalue weighted by atomic mass is 10.0. The summed E-state index contributed by atoms with van der Waals surface area (Å²) in [7, 11) is -3.66. The Bertz CT molecular complexity index is 595. The zero-order valence-corrected chi connectivity index (χ0v) is 9.88. The third kappa shape index (κ3) is 1.68. The van der Waals surface area contributed by atoms with Gasteiger partial charge in [-0.15, -0.1) is 0 Å². The summed E-state index contributed by atoms with van der Waals surface area (Å²) in [6, 6.07) is 16.5.